The van der Waals surface area contributed by atoms with E-state index in [0.29, 0.717) is 13.1 Å². The van der Waals surface area contributed by atoms with Crippen molar-refractivity contribution in [1.82, 2.24) is 14.5 Å². The van der Waals surface area contributed by atoms with Crippen LogP contribution < -0.4 is 5.32 Å². The zero-order chi connectivity index (χ0) is 17.2. The summed E-state index contributed by atoms with van der Waals surface area (Å²) < 4.78 is 26.5. The summed E-state index contributed by atoms with van der Waals surface area (Å²) in [5.41, 5.74) is 0. The third-order valence-corrected chi connectivity index (χ3v) is 6.25. The first-order valence-corrected chi connectivity index (χ1v) is 9.53. The Labute approximate surface area is 141 Å². The quantitative estimate of drug-likeness (QED) is 0.812. The second-order valence-electron chi connectivity index (χ2n) is 6.09. The molecule has 1 aromatic carbocycles. The summed E-state index contributed by atoms with van der Waals surface area (Å²) in [5.74, 6) is -0.153. The summed E-state index contributed by atoms with van der Waals surface area (Å²) in [6, 6.07) is 8.29. The fourth-order valence-electron chi connectivity index (χ4n) is 2.68. The lowest BCUT2D eigenvalue weighted by Gasteiger charge is -2.34. The number of piperazine rings is 1. The van der Waals surface area contributed by atoms with Crippen LogP contribution in [0, 0.1) is 5.92 Å². The van der Waals surface area contributed by atoms with E-state index in [4.69, 9.17) is 0 Å². The molecule has 1 aliphatic heterocycles. The molecule has 24 heavy (non-hydrogen) atoms. The van der Waals surface area contributed by atoms with Crippen molar-refractivity contribution in [3.8, 4) is 0 Å². The molecule has 7 nitrogen and oxygen atoms in total. The van der Waals surface area contributed by atoms with Crippen LogP contribution in [0.5, 0.6) is 0 Å². The number of hydrogen-bond acceptors (Lipinski definition) is 4. The first-order chi connectivity index (χ1) is 11.5. The summed E-state index contributed by atoms with van der Waals surface area (Å²) >= 11 is 0. The Kier molecular flexibility index (Phi) is 4.86. The smallest absolute Gasteiger partial charge is 0.243 e. The molecule has 1 heterocycles. The number of carbonyl (C=O) groups is 2. The second-order valence-corrected chi connectivity index (χ2v) is 8.03. The summed E-state index contributed by atoms with van der Waals surface area (Å²) in [6.45, 7) is 1.19. The van der Waals surface area contributed by atoms with Gasteiger partial charge in [0, 0.05) is 32.1 Å². The van der Waals surface area contributed by atoms with Crippen molar-refractivity contribution in [2.45, 2.75) is 17.7 Å². The van der Waals surface area contributed by atoms with Crippen LogP contribution in [0.4, 0.5) is 0 Å². The predicted octanol–water partition coefficient (Wildman–Crippen LogP) is 0.0457. The Morgan fingerprint density at radius 2 is 1.67 bits per heavy atom. The fourth-order valence-corrected chi connectivity index (χ4v) is 4.13. The number of hydrogen-bond donors (Lipinski definition) is 1. The first-order valence-electron chi connectivity index (χ1n) is 8.09. The van der Waals surface area contributed by atoms with E-state index in [9.17, 15) is 18.0 Å². The van der Waals surface area contributed by atoms with E-state index in [1.165, 1.54) is 4.31 Å². The molecular formula is C16H21N3O4S. The highest BCUT2D eigenvalue weighted by Crippen LogP contribution is 2.28. The minimum atomic E-state index is -3.51. The molecule has 130 valence electrons. The van der Waals surface area contributed by atoms with Gasteiger partial charge in [-0.1, -0.05) is 18.2 Å². The lowest BCUT2D eigenvalue weighted by atomic mass is 10.3. The van der Waals surface area contributed by atoms with Crippen LogP contribution in [0.2, 0.25) is 0 Å². The van der Waals surface area contributed by atoms with E-state index in [0.717, 1.165) is 12.8 Å². The molecule has 2 fully saturated rings. The van der Waals surface area contributed by atoms with Crippen LogP contribution >= 0.6 is 0 Å². The average Bonchev–Trinajstić information content (AvgIpc) is 3.45. The largest absolute Gasteiger partial charge is 0.347 e. The number of carbonyl (C=O) groups excluding carboxylic acids is 2. The molecule has 0 aromatic heterocycles. The van der Waals surface area contributed by atoms with Crippen LogP contribution in [-0.4, -0.2) is 62.2 Å². The van der Waals surface area contributed by atoms with E-state index >= 15 is 0 Å². The van der Waals surface area contributed by atoms with Crippen molar-refractivity contribution in [2.75, 3.05) is 32.7 Å². The van der Waals surface area contributed by atoms with Crippen molar-refractivity contribution in [1.29, 1.82) is 0 Å². The van der Waals surface area contributed by atoms with Gasteiger partial charge in [-0.05, 0) is 25.0 Å². The summed E-state index contributed by atoms with van der Waals surface area (Å²) in [5, 5.41) is 2.65. The number of sulfonamides is 1. The predicted molar refractivity (Wildman–Crippen MR) is 87.5 cm³/mol. The Morgan fingerprint density at radius 1 is 1.04 bits per heavy atom. The van der Waals surface area contributed by atoms with E-state index in [1.54, 1.807) is 35.2 Å². The molecule has 0 unspecified atom stereocenters. The van der Waals surface area contributed by atoms with Crippen LogP contribution in [0.15, 0.2) is 35.2 Å². The fraction of sp³-hybridized carbons (Fsp3) is 0.500. The molecule has 1 N–H and O–H groups in total. The van der Waals surface area contributed by atoms with Gasteiger partial charge in [-0.25, -0.2) is 8.42 Å². The van der Waals surface area contributed by atoms with Gasteiger partial charge in [0.15, 0.2) is 0 Å². The highest BCUT2D eigenvalue weighted by Gasteiger charge is 2.32. The number of nitrogens with one attached hydrogen (secondary N) is 1. The molecule has 0 radical (unpaired) electrons. The number of amides is 2. The maximum atomic E-state index is 12.5. The Bertz CT molecular complexity index is 708. The summed E-state index contributed by atoms with van der Waals surface area (Å²) in [6.07, 6.45) is 1.80. The van der Waals surface area contributed by atoms with Gasteiger partial charge >= 0.3 is 0 Å². The summed E-state index contributed by atoms with van der Waals surface area (Å²) in [4.78, 5) is 25.5. The SMILES string of the molecule is O=C(NCC(=O)N1CCN(S(=O)(=O)c2ccccc2)CC1)C1CC1. The molecule has 3 rings (SSSR count). The third kappa shape index (κ3) is 3.76. The van der Waals surface area contributed by atoms with Gasteiger partial charge in [0.25, 0.3) is 0 Å². The highest BCUT2D eigenvalue weighted by atomic mass is 32.2. The highest BCUT2D eigenvalue weighted by molar-refractivity contribution is 7.89. The van der Waals surface area contributed by atoms with Gasteiger partial charge in [0.1, 0.15) is 0 Å². The average molecular weight is 351 g/mol. The molecule has 1 saturated heterocycles. The van der Waals surface area contributed by atoms with Crippen molar-refractivity contribution in [3.05, 3.63) is 30.3 Å². The maximum Gasteiger partial charge on any atom is 0.243 e. The van der Waals surface area contributed by atoms with Crippen molar-refractivity contribution >= 4 is 21.8 Å². The number of benzene rings is 1. The monoisotopic (exact) mass is 351 g/mol. The third-order valence-electron chi connectivity index (χ3n) is 4.33. The van der Waals surface area contributed by atoms with Crippen molar-refractivity contribution in [3.63, 3.8) is 0 Å². The zero-order valence-corrected chi connectivity index (χ0v) is 14.2. The molecule has 0 spiro atoms. The zero-order valence-electron chi connectivity index (χ0n) is 13.3. The van der Waals surface area contributed by atoms with Gasteiger partial charge in [-0.15, -0.1) is 0 Å². The molecule has 0 atom stereocenters. The van der Waals surface area contributed by atoms with E-state index in [1.807, 2.05) is 0 Å². The molecular weight excluding hydrogens is 330 g/mol. The van der Waals surface area contributed by atoms with Crippen LogP contribution in [0.25, 0.3) is 0 Å². The molecule has 2 aliphatic rings. The molecule has 1 saturated carbocycles. The molecule has 0 bridgehead atoms. The second kappa shape index (κ2) is 6.90. The van der Waals surface area contributed by atoms with E-state index in [2.05, 4.69) is 5.32 Å². The lowest BCUT2D eigenvalue weighted by Crippen LogP contribution is -2.52. The van der Waals surface area contributed by atoms with Crippen LogP contribution in [-0.2, 0) is 19.6 Å². The normalized spacial score (nSPS) is 19.1. The summed E-state index contributed by atoms with van der Waals surface area (Å²) in [7, 11) is -3.51. The van der Waals surface area contributed by atoms with E-state index < -0.39 is 10.0 Å². The minimum Gasteiger partial charge on any atom is -0.347 e. The van der Waals surface area contributed by atoms with Crippen LogP contribution in [0.3, 0.4) is 0 Å². The maximum absolute atomic E-state index is 12.5. The van der Waals surface area contributed by atoms with Crippen molar-refractivity contribution in [2.24, 2.45) is 5.92 Å². The lowest BCUT2D eigenvalue weighted by molar-refractivity contribution is -0.134. The topological polar surface area (TPSA) is 86.8 Å². The molecule has 1 aliphatic carbocycles. The van der Waals surface area contributed by atoms with Crippen molar-refractivity contribution < 1.29 is 18.0 Å². The molecule has 1 aromatic rings. The number of nitrogens with zero attached hydrogens (tertiary/aromatic N) is 2. The van der Waals surface area contributed by atoms with Gasteiger partial charge in [0.05, 0.1) is 11.4 Å². The Balaban J connectivity index is 1.51. The standard InChI is InChI=1S/C16H21N3O4S/c20-15(12-17-16(21)13-6-7-13)18-8-10-19(11-9-18)24(22,23)14-4-2-1-3-5-14/h1-5,13H,6-12H2,(H,17,21). The van der Waals surface area contributed by atoms with Crippen LogP contribution in [0.1, 0.15) is 12.8 Å². The minimum absolute atomic E-state index is 0.0131. The van der Waals surface area contributed by atoms with Gasteiger partial charge in [0.2, 0.25) is 21.8 Å². The Hall–Kier alpha value is -1.93. The van der Waals surface area contributed by atoms with Gasteiger partial charge in [-0.3, -0.25) is 9.59 Å². The molecule has 2 amide bonds. The first kappa shape index (κ1) is 16.9. The Morgan fingerprint density at radius 3 is 2.25 bits per heavy atom. The van der Waals surface area contributed by atoms with E-state index in [-0.39, 0.29) is 42.3 Å². The van der Waals surface area contributed by atoms with Gasteiger partial charge < -0.3 is 10.2 Å². The number of rotatable bonds is 5. The van der Waals surface area contributed by atoms with Gasteiger partial charge in [-0.2, -0.15) is 4.31 Å². The molecule has 8 heteroatoms.